The summed E-state index contributed by atoms with van der Waals surface area (Å²) in [5, 5.41) is 7.01. The first-order valence-corrected chi connectivity index (χ1v) is 9.64. The van der Waals surface area contributed by atoms with Crippen LogP contribution in [0.2, 0.25) is 0 Å². The summed E-state index contributed by atoms with van der Waals surface area (Å²) in [5.74, 6) is 2.38. The Morgan fingerprint density at radius 1 is 1.29 bits per heavy atom. The summed E-state index contributed by atoms with van der Waals surface area (Å²) >= 11 is 2.17. The molecule has 2 N–H and O–H groups in total. The highest BCUT2D eigenvalue weighted by molar-refractivity contribution is 14.1. The van der Waals surface area contributed by atoms with Crippen LogP contribution in [0.3, 0.4) is 0 Å². The molecule has 0 saturated heterocycles. The third-order valence-corrected chi connectivity index (χ3v) is 4.57. The molecule has 1 aliphatic heterocycles. The lowest BCUT2D eigenvalue weighted by Gasteiger charge is -2.11. The van der Waals surface area contributed by atoms with Crippen molar-refractivity contribution in [3.8, 4) is 23.0 Å². The van der Waals surface area contributed by atoms with E-state index >= 15 is 0 Å². The minimum atomic E-state index is -0.276. The van der Waals surface area contributed by atoms with E-state index < -0.39 is 0 Å². The van der Waals surface area contributed by atoms with Crippen LogP contribution in [0.4, 0.5) is 5.69 Å². The van der Waals surface area contributed by atoms with Crippen molar-refractivity contribution in [3.05, 3.63) is 39.5 Å². The Morgan fingerprint density at radius 3 is 2.89 bits per heavy atom. The lowest BCUT2D eigenvalue weighted by molar-refractivity contribution is -0.119. The quantitative estimate of drug-likeness (QED) is 0.331. The summed E-state index contributed by atoms with van der Waals surface area (Å²) in [7, 11) is 1.60. The summed E-state index contributed by atoms with van der Waals surface area (Å²) in [6.07, 6.45) is 1.56. The van der Waals surface area contributed by atoms with Gasteiger partial charge in [-0.3, -0.25) is 4.79 Å². The molecular formula is C19H20IN3O5. The monoisotopic (exact) mass is 497 g/mol. The standard InChI is InChI=1S/C19H20IN3O5/c1-3-26-17-7-12(6-14(20)19(17)25-2)9-22-23-18(24)10-21-13-4-5-15-16(8-13)28-11-27-15/h4-9,21H,3,10-11H2,1-2H3,(H,23,24)/b22-9-. The number of amides is 1. The number of hydrogen-bond donors (Lipinski definition) is 2. The van der Waals surface area contributed by atoms with Gasteiger partial charge in [0.15, 0.2) is 23.0 Å². The van der Waals surface area contributed by atoms with Gasteiger partial charge in [-0.15, -0.1) is 0 Å². The third kappa shape index (κ3) is 4.97. The van der Waals surface area contributed by atoms with Crippen molar-refractivity contribution in [2.75, 3.05) is 32.4 Å². The van der Waals surface area contributed by atoms with Crippen LogP contribution in [-0.2, 0) is 4.79 Å². The van der Waals surface area contributed by atoms with Crippen molar-refractivity contribution >= 4 is 40.4 Å². The number of methoxy groups -OCH3 is 1. The predicted molar refractivity (Wildman–Crippen MR) is 114 cm³/mol. The van der Waals surface area contributed by atoms with Crippen LogP contribution in [0.25, 0.3) is 0 Å². The Balaban J connectivity index is 1.54. The second kappa shape index (κ2) is 9.49. The van der Waals surface area contributed by atoms with Gasteiger partial charge in [0.05, 0.1) is 30.0 Å². The molecule has 9 heteroatoms. The molecule has 148 valence electrons. The van der Waals surface area contributed by atoms with Crippen LogP contribution in [0, 0.1) is 3.57 Å². The van der Waals surface area contributed by atoms with Crippen LogP contribution >= 0.6 is 22.6 Å². The molecule has 0 bridgehead atoms. The first-order chi connectivity index (χ1) is 13.6. The lowest BCUT2D eigenvalue weighted by Crippen LogP contribution is -2.25. The van der Waals surface area contributed by atoms with Crippen molar-refractivity contribution in [3.63, 3.8) is 0 Å². The van der Waals surface area contributed by atoms with Crippen molar-refractivity contribution < 1.29 is 23.7 Å². The highest BCUT2D eigenvalue weighted by atomic mass is 127. The van der Waals surface area contributed by atoms with Gasteiger partial charge in [0.1, 0.15) is 0 Å². The average Bonchev–Trinajstić information content (AvgIpc) is 3.14. The van der Waals surface area contributed by atoms with E-state index in [9.17, 15) is 4.79 Å². The van der Waals surface area contributed by atoms with Gasteiger partial charge >= 0.3 is 0 Å². The Hall–Kier alpha value is -2.69. The molecule has 2 aromatic carbocycles. The Labute approximate surface area is 176 Å². The fraction of sp³-hybridized carbons (Fsp3) is 0.263. The van der Waals surface area contributed by atoms with Crippen molar-refractivity contribution in [1.29, 1.82) is 0 Å². The number of ether oxygens (including phenoxy) is 4. The zero-order valence-corrected chi connectivity index (χ0v) is 17.6. The van der Waals surface area contributed by atoms with Crippen molar-refractivity contribution in [1.82, 2.24) is 5.43 Å². The van der Waals surface area contributed by atoms with E-state index in [2.05, 4.69) is 38.4 Å². The minimum absolute atomic E-state index is 0.0708. The lowest BCUT2D eigenvalue weighted by atomic mass is 10.2. The molecule has 2 aromatic rings. The Morgan fingerprint density at radius 2 is 2.11 bits per heavy atom. The first-order valence-electron chi connectivity index (χ1n) is 8.56. The van der Waals surface area contributed by atoms with E-state index in [1.807, 2.05) is 25.1 Å². The van der Waals surface area contributed by atoms with E-state index in [-0.39, 0.29) is 19.2 Å². The molecule has 28 heavy (non-hydrogen) atoms. The molecule has 0 fully saturated rings. The topological polar surface area (TPSA) is 90.4 Å². The number of rotatable bonds is 8. The van der Waals surface area contributed by atoms with E-state index in [0.29, 0.717) is 29.6 Å². The molecule has 1 aliphatic rings. The number of carbonyl (C=O) groups excluding carboxylic acids is 1. The highest BCUT2D eigenvalue weighted by Gasteiger charge is 2.13. The molecule has 8 nitrogen and oxygen atoms in total. The maximum atomic E-state index is 12.0. The largest absolute Gasteiger partial charge is 0.492 e. The molecule has 0 radical (unpaired) electrons. The molecule has 0 atom stereocenters. The van der Waals surface area contributed by atoms with Gasteiger partial charge in [-0.2, -0.15) is 5.10 Å². The average molecular weight is 497 g/mol. The maximum absolute atomic E-state index is 12.0. The number of nitrogens with one attached hydrogen (secondary N) is 2. The number of fused-ring (bicyclic) bond motifs is 1. The van der Waals surface area contributed by atoms with Crippen molar-refractivity contribution in [2.45, 2.75) is 6.92 Å². The zero-order chi connectivity index (χ0) is 19.9. The molecule has 1 amide bonds. The molecular weight excluding hydrogens is 477 g/mol. The summed E-state index contributed by atoms with van der Waals surface area (Å²) in [4.78, 5) is 12.0. The van der Waals surface area contributed by atoms with Gasteiger partial charge in [0.2, 0.25) is 6.79 Å². The van der Waals surface area contributed by atoms with Crippen molar-refractivity contribution in [2.24, 2.45) is 5.10 Å². The van der Waals surface area contributed by atoms with Crippen LogP contribution in [-0.4, -0.2) is 39.2 Å². The maximum Gasteiger partial charge on any atom is 0.259 e. The summed E-state index contributed by atoms with van der Waals surface area (Å²) < 4.78 is 22.4. The number of nitrogens with zero attached hydrogens (tertiary/aromatic N) is 1. The number of hydrazone groups is 1. The Kier molecular flexibility index (Phi) is 6.80. The zero-order valence-electron chi connectivity index (χ0n) is 15.5. The van der Waals surface area contributed by atoms with E-state index in [1.54, 1.807) is 25.5 Å². The van der Waals surface area contributed by atoms with Gasteiger partial charge in [-0.1, -0.05) is 0 Å². The molecule has 0 aromatic heterocycles. The molecule has 3 rings (SSSR count). The van der Waals surface area contributed by atoms with Gasteiger partial charge < -0.3 is 24.3 Å². The number of halogens is 1. The highest BCUT2D eigenvalue weighted by Crippen LogP contribution is 2.34. The molecule has 0 aliphatic carbocycles. The second-order valence-corrected chi connectivity index (χ2v) is 6.84. The fourth-order valence-corrected chi connectivity index (χ4v) is 3.38. The summed E-state index contributed by atoms with van der Waals surface area (Å²) in [6.45, 7) is 2.71. The van der Waals surface area contributed by atoms with Crippen LogP contribution in [0.5, 0.6) is 23.0 Å². The van der Waals surface area contributed by atoms with E-state index in [4.69, 9.17) is 18.9 Å². The molecule has 0 spiro atoms. The van der Waals surface area contributed by atoms with Gasteiger partial charge in [0, 0.05) is 11.8 Å². The molecule has 0 saturated carbocycles. The number of carbonyl (C=O) groups is 1. The first kappa shape index (κ1) is 20.1. The third-order valence-electron chi connectivity index (χ3n) is 3.76. The smallest absolute Gasteiger partial charge is 0.259 e. The van der Waals surface area contributed by atoms with Gasteiger partial charge in [0.25, 0.3) is 5.91 Å². The predicted octanol–water partition coefficient (Wildman–Crippen LogP) is 2.99. The van der Waals surface area contributed by atoms with Crippen LogP contribution in [0.15, 0.2) is 35.4 Å². The van der Waals surface area contributed by atoms with Crippen LogP contribution < -0.4 is 29.7 Å². The molecule has 0 unspecified atom stereocenters. The number of benzene rings is 2. The SMILES string of the molecule is CCOc1cc(/C=N\NC(=O)CNc2ccc3c(c2)OCO3)cc(I)c1OC. The molecule has 1 heterocycles. The van der Waals surface area contributed by atoms with E-state index in [1.165, 1.54) is 0 Å². The van der Waals surface area contributed by atoms with Gasteiger partial charge in [-0.25, -0.2) is 5.43 Å². The minimum Gasteiger partial charge on any atom is -0.492 e. The fourth-order valence-electron chi connectivity index (χ4n) is 2.53. The van der Waals surface area contributed by atoms with Gasteiger partial charge in [-0.05, 0) is 59.3 Å². The normalized spacial score (nSPS) is 12.1. The summed E-state index contributed by atoms with van der Waals surface area (Å²) in [5.41, 5.74) is 4.04. The number of anilines is 1. The summed E-state index contributed by atoms with van der Waals surface area (Å²) in [6, 6.07) is 9.10. The second-order valence-electron chi connectivity index (χ2n) is 5.68. The number of hydrogen-bond acceptors (Lipinski definition) is 7. The van der Waals surface area contributed by atoms with Crippen LogP contribution in [0.1, 0.15) is 12.5 Å². The Bertz CT molecular complexity index is 888. The van der Waals surface area contributed by atoms with E-state index in [0.717, 1.165) is 14.8 Å².